The van der Waals surface area contributed by atoms with E-state index in [0.29, 0.717) is 17.8 Å². The van der Waals surface area contributed by atoms with Crippen LogP contribution in [0.5, 0.6) is 0 Å². The first kappa shape index (κ1) is 16.6. The van der Waals surface area contributed by atoms with Gasteiger partial charge >= 0.3 is 0 Å². The maximum atomic E-state index is 12.5. The first-order chi connectivity index (χ1) is 13.2. The van der Waals surface area contributed by atoms with Gasteiger partial charge in [-0.1, -0.05) is 18.2 Å². The van der Waals surface area contributed by atoms with Crippen LogP contribution >= 0.6 is 0 Å². The van der Waals surface area contributed by atoms with Gasteiger partial charge in [-0.2, -0.15) is 5.10 Å². The van der Waals surface area contributed by atoms with Gasteiger partial charge in [-0.25, -0.2) is 9.36 Å². The quantitative estimate of drug-likeness (QED) is 0.591. The predicted molar refractivity (Wildman–Crippen MR) is 99.6 cm³/mol. The SMILES string of the molecule is Cc1nnnn1Cc1ccc(C(=O)Nc2cccc(-n3cccn3)c2)cc1. The molecule has 2 aromatic heterocycles. The molecule has 134 valence electrons. The zero-order valence-electron chi connectivity index (χ0n) is 14.6. The van der Waals surface area contributed by atoms with Crippen molar-refractivity contribution in [2.75, 3.05) is 5.32 Å². The summed E-state index contributed by atoms with van der Waals surface area (Å²) >= 11 is 0. The summed E-state index contributed by atoms with van der Waals surface area (Å²) in [6.45, 7) is 2.41. The monoisotopic (exact) mass is 359 g/mol. The van der Waals surface area contributed by atoms with E-state index in [1.807, 2.05) is 55.6 Å². The van der Waals surface area contributed by atoms with Crippen LogP contribution in [0.25, 0.3) is 5.69 Å². The van der Waals surface area contributed by atoms with Crippen molar-refractivity contribution in [1.82, 2.24) is 30.0 Å². The molecule has 0 aliphatic carbocycles. The van der Waals surface area contributed by atoms with Gasteiger partial charge in [0.15, 0.2) is 0 Å². The highest BCUT2D eigenvalue weighted by Gasteiger charge is 2.08. The lowest BCUT2D eigenvalue weighted by Gasteiger charge is -2.08. The van der Waals surface area contributed by atoms with Gasteiger partial charge in [0.1, 0.15) is 5.82 Å². The van der Waals surface area contributed by atoms with Crippen molar-refractivity contribution in [2.45, 2.75) is 13.5 Å². The lowest BCUT2D eigenvalue weighted by Crippen LogP contribution is -2.12. The minimum atomic E-state index is -0.169. The largest absolute Gasteiger partial charge is 0.322 e. The van der Waals surface area contributed by atoms with Crippen LogP contribution in [0.1, 0.15) is 21.7 Å². The highest BCUT2D eigenvalue weighted by molar-refractivity contribution is 6.04. The van der Waals surface area contributed by atoms with Crippen molar-refractivity contribution < 1.29 is 4.79 Å². The molecule has 0 fully saturated rings. The Kier molecular flexibility index (Phi) is 4.44. The van der Waals surface area contributed by atoms with Gasteiger partial charge in [-0.15, -0.1) is 5.10 Å². The van der Waals surface area contributed by atoms with Crippen LogP contribution in [0.4, 0.5) is 5.69 Å². The lowest BCUT2D eigenvalue weighted by molar-refractivity contribution is 0.102. The zero-order valence-corrected chi connectivity index (χ0v) is 14.6. The number of tetrazole rings is 1. The Bertz CT molecular complexity index is 1050. The molecule has 2 aromatic carbocycles. The number of carbonyl (C=O) groups is 1. The molecule has 0 aliphatic heterocycles. The lowest BCUT2D eigenvalue weighted by atomic mass is 10.1. The molecule has 0 radical (unpaired) electrons. The number of hydrogen-bond donors (Lipinski definition) is 1. The number of amides is 1. The summed E-state index contributed by atoms with van der Waals surface area (Å²) in [6.07, 6.45) is 3.57. The fraction of sp³-hybridized carbons (Fsp3) is 0.105. The third kappa shape index (κ3) is 3.74. The molecule has 0 unspecified atom stereocenters. The normalized spacial score (nSPS) is 10.7. The second-order valence-electron chi connectivity index (χ2n) is 6.04. The molecule has 1 amide bonds. The number of benzene rings is 2. The molecule has 4 aromatic rings. The van der Waals surface area contributed by atoms with E-state index in [9.17, 15) is 4.79 Å². The number of rotatable bonds is 5. The van der Waals surface area contributed by atoms with E-state index in [1.165, 1.54) is 0 Å². The molecule has 0 saturated heterocycles. The molecule has 8 nitrogen and oxygen atoms in total. The Morgan fingerprint density at radius 2 is 1.96 bits per heavy atom. The van der Waals surface area contributed by atoms with Crippen molar-refractivity contribution in [1.29, 1.82) is 0 Å². The second kappa shape index (κ2) is 7.20. The summed E-state index contributed by atoms with van der Waals surface area (Å²) in [4.78, 5) is 12.5. The highest BCUT2D eigenvalue weighted by atomic mass is 16.1. The van der Waals surface area contributed by atoms with Crippen molar-refractivity contribution in [2.24, 2.45) is 0 Å². The summed E-state index contributed by atoms with van der Waals surface area (Å²) < 4.78 is 3.45. The molecule has 0 bridgehead atoms. The molecular weight excluding hydrogens is 342 g/mol. The van der Waals surface area contributed by atoms with E-state index in [4.69, 9.17) is 0 Å². The second-order valence-corrected chi connectivity index (χ2v) is 6.04. The molecule has 8 heteroatoms. The maximum Gasteiger partial charge on any atom is 0.255 e. The first-order valence-corrected chi connectivity index (χ1v) is 8.42. The van der Waals surface area contributed by atoms with Crippen molar-refractivity contribution in [3.63, 3.8) is 0 Å². The van der Waals surface area contributed by atoms with Gasteiger partial charge in [0, 0.05) is 23.6 Å². The number of nitrogens with zero attached hydrogens (tertiary/aromatic N) is 6. The first-order valence-electron chi connectivity index (χ1n) is 8.42. The number of anilines is 1. The molecule has 2 heterocycles. The van der Waals surface area contributed by atoms with Crippen LogP contribution in [-0.4, -0.2) is 35.9 Å². The molecule has 4 rings (SSSR count). The molecule has 1 N–H and O–H groups in total. The molecule has 0 spiro atoms. The van der Waals surface area contributed by atoms with Crippen molar-refractivity contribution >= 4 is 11.6 Å². The minimum Gasteiger partial charge on any atom is -0.322 e. The Morgan fingerprint density at radius 1 is 1.11 bits per heavy atom. The van der Waals surface area contributed by atoms with Gasteiger partial charge in [-0.05, 0) is 59.3 Å². The summed E-state index contributed by atoms with van der Waals surface area (Å²) in [5.74, 6) is 0.576. The summed E-state index contributed by atoms with van der Waals surface area (Å²) in [7, 11) is 0. The summed E-state index contributed by atoms with van der Waals surface area (Å²) in [5.41, 5.74) is 3.19. The van der Waals surface area contributed by atoms with Gasteiger partial charge in [0.25, 0.3) is 5.91 Å². The topological polar surface area (TPSA) is 90.5 Å². The van der Waals surface area contributed by atoms with Crippen LogP contribution in [0.3, 0.4) is 0 Å². The Balaban J connectivity index is 1.45. The van der Waals surface area contributed by atoms with Crippen LogP contribution in [0, 0.1) is 6.92 Å². The van der Waals surface area contributed by atoms with Gasteiger partial charge in [-0.3, -0.25) is 4.79 Å². The van der Waals surface area contributed by atoms with Crippen LogP contribution in [-0.2, 0) is 6.54 Å². The summed E-state index contributed by atoms with van der Waals surface area (Å²) in [6, 6.07) is 16.8. The average molecular weight is 359 g/mol. The summed E-state index contributed by atoms with van der Waals surface area (Å²) in [5, 5.41) is 18.5. The zero-order chi connectivity index (χ0) is 18.6. The van der Waals surface area contributed by atoms with Gasteiger partial charge < -0.3 is 5.32 Å². The fourth-order valence-corrected chi connectivity index (χ4v) is 2.68. The highest BCUT2D eigenvalue weighted by Crippen LogP contribution is 2.15. The predicted octanol–water partition coefficient (Wildman–Crippen LogP) is 2.47. The molecular formula is C19H17N7O. The average Bonchev–Trinajstić information content (AvgIpc) is 3.35. The number of hydrogen-bond acceptors (Lipinski definition) is 5. The van der Waals surface area contributed by atoms with Crippen molar-refractivity contribution in [3.05, 3.63) is 83.9 Å². The minimum absolute atomic E-state index is 0.169. The van der Waals surface area contributed by atoms with E-state index in [1.54, 1.807) is 27.7 Å². The van der Waals surface area contributed by atoms with Gasteiger partial charge in [0.05, 0.1) is 12.2 Å². The van der Waals surface area contributed by atoms with E-state index in [0.717, 1.165) is 17.1 Å². The van der Waals surface area contributed by atoms with Gasteiger partial charge in [0.2, 0.25) is 0 Å². The smallest absolute Gasteiger partial charge is 0.255 e. The number of nitrogens with one attached hydrogen (secondary N) is 1. The number of carbonyl (C=O) groups excluding carboxylic acids is 1. The van der Waals surface area contributed by atoms with Crippen LogP contribution < -0.4 is 5.32 Å². The van der Waals surface area contributed by atoms with Crippen LogP contribution in [0.2, 0.25) is 0 Å². The third-order valence-electron chi connectivity index (χ3n) is 4.13. The molecule has 0 aliphatic rings. The number of aromatic nitrogens is 6. The van der Waals surface area contributed by atoms with Crippen molar-refractivity contribution in [3.8, 4) is 5.69 Å². The maximum absolute atomic E-state index is 12.5. The Morgan fingerprint density at radius 3 is 2.67 bits per heavy atom. The third-order valence-corrected chi connectivity index (χ3v) is 4.13. The van der Waals surface area contributed by atoms with Crippen LogP contribution in [0.15, 0.2) is 67.0 Å². The molecule has 27 heavy (non-hydrogen) atoms. The Hall–Kier alpha value is -3.81. The fourth-order valence-electron chi connectivity index (χ4n) is 2.68. The number of aryl methyl sites for hydroxylation is 1. The van der Waals surface area contributed by atoms with E-state index < -0.39 is 0 Å². The molecule has 0 atom stereocenters. The van der Waals surface area contributed by atoms with E-state index in [-0.39, 0.29) is 5.91 Å². The molecule has 0 saturated carbocycles. The standard InChI is InChI=1S/C19H17N7O/c1-14-22-23-24-26(14)13-15-6-8-16(9-7-15)19(27)21-17-4-2-5-18(12-17)25-11-3-10-20-25/h2-12H,13H2,1H3,(H,21,27). The van der Waals surface area contributed by atoms with E-state index >= 15 is 0 Å². The Labute approximate surface area is 155 Å². The van der Waals surface area contributed by atoms with E-state index in [2.05, 4.69) is 25.9 Å².